The summed E-state index contributed by atoms with van der Waals surface area (Å²) >= 11 is 1.21. The van der Waals surface area contributed by atoms with Gasteiger partial charge in [-0.25, -0.2) is 4.98 Å². The number of hydrogen-bond acceptors (Lipinski definition) is 4. The number of anilines is 1. The molecule has 1 N–H and O–H groups in total. The number of hydrogen-bond donors (Lipinski definition) is 1. The van der Waals surface area contributed by atoms with E-state index in [1.165, 1.54) is 18.3 Å². The van der Waals surface area contributed by atoms with Crippen molar-refractivity contribution in [2.75, 3.05) is 5.32 Å². The van der Waals surface area contributed by atoms with Crippen LogP contribution in [0.2, 0.25) is 0 Å². The first-order valence-electron chi connectivity index (χ1n) is 7.96. The lowest BCUT2D eigenvalue weighted by molar-refractivity contribution is 0.101. The van der Waals surface area contributed by atoms with E-state index >= 15 is 0 Å². The summed E-state index contributed by atoms with van der Waals surface area (Å²) in [6.45, 7) is 3.27. The summed E-state index contributed by atoms with van der Waals surface area (Å²) in [5.74, 6) is -0.254. The minimum absolute atomic E-state index is 0.0417. The molecule has 0 bridgehead atoms. The van der Waals surface area contributed by atoms with Crippen molar-refractivity contribution in [1.82, 2.24) is 4.98 Å². The van der Waals surface area contributed by atoms with Crippen molar-refractivity contribution in [1.29, 1.82) is 0 Å². The van der Waals surface area contributed by atoms with E-state index in [0.29, 0.717) is 27.7 Å². The summed E-state index contributed by atoms with van der Waals surface area (Å²) in [6, 6.07) is 17.6. The molecule has 0 atom stereocenters. The summed E-state index contributed by atoms with van der Waals surface area (Å²) in [7, 11) is 0. The van der Waals surface area contributed by atoms with Crippen LogP contribution in [0, 0.1) is 6.92 Å². The molecule has 25 heavy (non-hydrogen) atoms. The lowest BCUT2D eigenvalue weighted by atomic mass is 9.99. The van der Waals surface area contributed by atoms with Gasteiger partial charge in [-0.1, -0.05) is 59.9 Å². The highest BCUT2D eigenvalue weighted by Crippen LogP contribution is 2.24. The molecule has 4 nitrogen and oxygen atoms in total. The maximum atomic E-state index is 12.7. The van der Waals surface area contributed by atoms with Crippen LogP contribution in [-0.2, 0) is 6.42 Å². The molecule has 0 aliphatic rings. The van der Waals surface area contributed by atoms with E-state index < -0.39 is 0 Å². The predicted molar refractivity (Wildman–Crippen MR) is 100 cm³/mol. The number of amides is 1. The van der Waals surface area contributed by atoms with Gasteiger partial charge in [0.1, 0.15) is 0 Å². The third-order valence-corrected chi connectivity index (χ3v) is 5.01. The van der Waals surface area contributed by atoms with E-state index in [-0.39, 0.29) is 11.7 Å². The molecule has 5 heteroatoms. The third-order valence-electron chi connectivity index (χ3n) is 3.84. The van der Waals surface area contributed by atoms with Crippen LogP contribution in [0.1, 0.15) is 43.8 Å². The molecule has 1 amide bonds. The van der Waals surface area contributed by atoms with Crippen molar-refractivity contribution in [2.45, 2.75) is 20.3 Å². The van der Waals surface area contributed by atoms with Crippen LogP contribution >= 0.6 is 11.3 Å². The number of aryl methyl sites for hydroxylation is 1. The van der Waals surface area contributed by atoms with Gasteiger partial charge >= 0.3 is 0 Å². The fraction of sp³-hybridized carbons (Fsp3) is 0.150. The topological polar surface area (TPSA) is 59.1 Å². The second kappa shape index (κ2) is 7.40. The van der Waals surface area contributed by atoms with Crippen molar-refractivity contribution < 1.29 is 9.59 Å². The largest absolute Gasteiger partial charge is 0.298 e. The normalized spacial score (nSPS) is 10.5. The highest BCUT2D eigenvalue weighted by atomic mass is 32.1. The van der Waals surface area contributed by atoms with E-state index in [2.05, 4.69) is 10.3 Å². The number of rotatable bonds is 5. The van der Waals surface area contributed by atoms with Gasteiger partial charge in [-0.15, -0.1) is 0 Å². The van der Waals surface area contributed by atoms with Crippen LogP contribution in [-0.4, -0.2) is 16.7 Å². The number of nitrogens with one attached hydrogen (secondary N) is 1. The lowest BCUT2D eigenvalue weighted by Crippen LogP contribution is -2.14. The number of carbonyl (C=O) groups is 2. The summed E-state index contributed by atoms with van der Waals surface area (Å²) in [4.78, 5) is 29.1. The van der Waals surface area contributed by atoms with Crippen molar-refractivity contribution in [3.63, 3.8) is 0 Å². The smallest absolute Gasteiger partial charge is 0.257 e. The van der Waals surface area contributed by atoms with Crippen LogP contribution in [0.25, 0.3) is 0 Å². The van der Waals surface area contributed by atoms with E-state index in [9.17, 15) is 9.59 Å². The van der Waals surface area contributed by atoms with E-state index in [1.54, 1.807) is 13.0 Å². The Kier molecular flexibility index (Phi) is 5.05. The quantitative estimate of drug-likeness (QED) is 0.689. The summed E-state index contributed by atoms with van der Waals surface area (Å²) in [5, 5.41) is 3.26. The van der Waals surface area contributed by atoms with Gasteiger partial charge in [0.25, 0.3) is 5.91 Å². The molecule has 126 valence electrons. The van der Waals surface area contributed by atoms with Crippen LogP contribution < -0.4 is 5.32 Å². The van der Waals surface area contributed by atoms with Gasteiger partial charge in [0.2, 0.25) is 0 Å². The van der Waals surface area contributed by atoms with Crippen LogP contribution in [0.3, 0.4) is 0 Å². The highest BCUT2D eigenvalue weighted by Gasteiger charge is 2.16. The first-order valence-corrected chi connectivity index (χ1v) is 8.78. The molecule has 0 unspecified atom stereocenters. The van der Waals surface area contributed by atoms with Gasteiger partial charge in [-0.05, 0) is 30.5 Å². The minimum atomic E-state index is -0.213. The molecule has 0 radical (unpaired) electrons. The Bertz CT molecular complexity index is 916. The Balaban J connectivity index is 1.83. The first-order chi connectivity index (χ1) is 12.0. The Labute approximate surface area is 150 Å². The average Bonchev–Trinajstić information content (AvgIpc) is 2.97. The molecular formula is C20H18N2O2S. The molecule has 0 fully saturated rings. The molecule has 3 aromatic rings. The Morgan fingerprint density at radius 2 is 1.72 bits per heavy atom. The Morgan fingerprint density at radius 3 is 2.40 bits per heavy atom. The number of benzene rings is 2. The van der Waals surface area contributed by atoms with Crippen molar-refractivity contribution in [3.05, 3.63) is 81.9 Å². The summed E-state index contributed by atoms with van der Waals surface area (Å²) in [6.07, 6.45) is 0.681. The van der Waals surface area contributed by atoms with Gasteiger partial charge < -0.3 is 0 Å². The molecule has 0 aliphatic heterocycles. The number of ketones is 1. The molecule has 0 saturated carbocycles. The summed E-state index contributed by atoms with van der Waals surface area (Å²) in [5.41, 5.74) is 3.35. The second-order valence-electron chi connectivity index (χ2n) is 5.76. The molecule has 1 aromatic heterocycles. The molecule has 3 rings (SSSR count). The number of Topliss-reactive ketones (excluding diaryl/α,β-unsaturated/α-hetero) is 1. The zero-order valence-corrected chi connectivity index (χ0v) is 14.9. The number of nitrogens with zero attached hydrogens (tertiary/aromatic N) is 1. The lowest BCUT2D eigenvalue weighted by Gasteiger charge is -2.09. The van der Waals surface area contributed by atoms with Crippen LogP contribution in [0.5, 0.6) is 0 Å². The zero-order chi connectivity index (χ0) is 17.8. The minimum Gasteiger partial charge on any atom is -0.298 e. The van der Waals surface area contributed by atoms with Crippen LogP contribution in [0.15, 0.2) is 54.6 Å². The maximum Gasteiger partial charge on any atom is 0.257 e. The molecule has 0 saturated heterocycles. The predicted octanol–water partition coefficient (Wildman–Crippen LogP) is 4.50. The van der Waals surface area contributed by atoms with Gasteiger partial charge in [-0.2, -0.15) is 0 Å². The van der Waals surface area contributed by atoms with Gasteiger partial charge in [-0.3, -0.25) is 14.9 Å². The van der Waals surface area contributed by atoms with E-state index in [1.807, 2.05) is 48.5 Å². The molecule has 0 aliphatic carbocycles. The summed E-state index contributed by atoms with van der Waals surface area (Å²) < 4.78 is 0. The standard InChI is InChI=1S/C20H18N2O2S/c1-13-18(14(2)23)25-20(21-13)22-19(24)17-11-7-6-10-16(17)12-15-8-4-3-5-9-15/h3-11H,12H2,1-2H3,(H,21,22,24). The van der Waals surface area contributed by atoms with Gasteiger partial charge in [0.05, 0.1) is 10.6 Å². The molecule has 2 aromatic carbocycles. The second-order valence-corrected chi connectivity index (χ2v) is 6.76. The molecule has 0 spiro atoms. The highest BCUT2D eigenvalue weighted by molar-refractivity contribution is 7.17. The van der Waals surface area contributed by atoms with E-state index in [4.69, 9.17) is 0 Å². The van der Waals surface area contributed by atoms with Crippen molar-refractivity contribution in [2.24, 2.45) is 0 Å². The maximum absolute atomic E-state index is 12.7. The monoisotopic (exact) mass is 350 g/mol. The molecular weight excluding hydrogens is 332 g/mol. The Hall–Kier alpha value is -2.79. The first kappa shape index (κ1) is 17.0. The van der Waals surface area contributed by atoms with Crippen LogP contribution in [0.4, 0.5) is 5.13 Å². The fourth-order valence-corrected chi connectivity index (χ4v) is 3.51. The fourth-order valence-electron chi connectivity index (χ4n) is 2.65. The third kappa shape index (κ3) is 4.00. The van der Waals surface area contributed by atoms with Crippen molar-refractivity contribution >= 4 is 28.2 Å². The van der Waals surface area contributed by atoms with Crippen molar-refractivity contribution in [3.8, 4) is 0 Å². The van der Waals surface area contributed by atoms with Gasteiger partial charge in [0.15, 0.2) is 10.9 Å². The SMILES string of the molecule is CC(=O)c1sc(NC(=O)c2ccccc2Cc2ccccc2)nc1C. The zero-order valence-electron chi connectivity index (χ0n) is 14.1. The Morgan fingerprint density at radius 1 is 1.04 bits per heavy atom. The van der Waals surface area contributed by atoms with E-state index in [0.717, 1.165) is 11.1 Å². The van der Waals surface area contributed by atoms with Gasteiger partial charge in [0, 0.05) is 12.5 Å². The average molecular weight is 350 g/mol. The number of thiazole rings is 1. The number of carbonyl (C=O) groups excluding carboxylic acids is 2. The molecule has 1 heterocycles. The number of aromatic nitrogens is 1.